The van der Waals surface area contributed by atoms with E-state index in [1.165, 1.54) is 13.1 Å². The monoisotopic (exact) mass is 544 g/mol. The van der Waals surface area contributed by atoms with Crippen molar-refractivity contribution in [3.8, 4) is 0 Å². The molecule has 10 nitrogen and oxygen atoms in total. The van der Waals surface area contributed by atoms with Gasteiger partial charge in [0, 0.05) is 11.8 Å². The van der Waals surface area contributed by atoms with Gasteiger partial charge >= 0.3 is 11.7 Å². The number of rotatable bonds is 8. The van der Waals surface area contributed by atoms with Gasteiger partial charge in [0.05, 0.1) is 6.61 Å². The first-order valence-electron chi connectivity index (χ1n) is 12.3. The molecule has 0 bridgehead atoms. The Labute approximate surface area is 215 Å². The lowest BCUT2D eigenvalue weighted by Gasteiger charge is -2.41. The summed E-state index contributed by atoms with van der Waals surface area (Å²) in [6, 6.07) is 0. The van der Waals surface area contributed by atoms with E-state index >= 15 is 0 Å². The van der Waals surface area contributed by atoms with E-state index in [1.807, 2.05) is 0 Å². The molecule has 1 aliphatic rings. The van der Waals surface area contributed by atoms with Crippen molar-refractivity contribution in [1.82, 2.24) is 9.13 Å². The molecule has 2 N–H and O–H groups in total. The molecule has 2 rings (SSSR count). The molecular formula is C24H44N2O8Si2. The number of aliphatic hydroxyl groups is 1. The topological polar surface area (TPSA) is 129 Å². The van der Waals surface area contributed by atoms with E-state index in [0.29, 0.717) is 4.57 Å². The van der Waals surface area contributed by atoms with Gasteiger partial charge < -0.3 is 23.8 Å². The number of nitrogens with zero attached hydrogens (tertiary/aromatic N) is 2. The van der Waals surface area contributed by atoms with E-state index in [4.69, 9.17) is 13.6 Å². The van der Waals surface area contributed by atoms with Gasteiger partial charge in [-0.15, -0.1) is 0 Å². The first-order valence-corrected chi connectivity index (χ1v) is 18.1. The van der Waals surface area contributed by atoms with Crippen LogP contribution in [0.5, 0.6) is 0 Å². The maximum absolute atomic E-state index is 13.1. The Morgan fingerprint density at radius 1 is 1.06 bits per heavy atom. The van der Waals surface area contributed by atoms with Crippen molar-refractivity contribution >= 4 is 22.6 Å². The summed E-state index contributed by atoms with van der Waals surface area (Å²) in [5, 5.41) is 20.4. The van der Waals surface area contributed by atoms with Crippen molar-refractivity contribution in [1.29, 1.82) is 0 Å². The van der Waals surface area contributed by atoms with Crippen LogP contribution in [-0.4, -0.2) is 66.9 Å². The van der Waals surface area contributed by atoms with Gasteiger partial charge in [-0.2, -0.15) is 0 Å². The molecule has 0 spiro atoms. The second-order valence-electron chi connectivity index (χ2n) is 12.8. The van der Waals surface area contributed by atoms with E-state index in [1.54, 1.807) is 0 Å². The third kappa shape index (κ3) is 6.28. The van der Waals surface area contributed by atoms with Crippen LogP contribution >= 0.6 is 0 Å². The minimum atomic E-state index is -2.37. The summed E-state index contributed by atoms with van der Waals surface area (Å²) in [5.41, 5.74) is -1.40. The fourth-order valence-corrected chi connectivity index (χ4v) is 5.81. The number of hydrogen-bond acceptors (Lipinski definition) is 7. The van der Waals surface area contributed by atoms with Crippen molar-refractivity contribution in [2.45, 2.75) is 116 Å². The number of carboxylic acids is 1. The zero-order valence-corrected chi connectivity index (χ0v) is 25.5. The van der Waals surface area contributed by atoms with Crippen LogP contribution in [0.4, 0.5) is 0 Å². The summed E-state index contributed by atoms with van der Waals surface area (Å²) in [6.45, 7) is 21.9. The van der Waals surface area contributed by atoms with Crippen LogP contribution in [0, 0.1) is 6.92 Å². The van der Waals surface area contributed by atoms with E-state index in [9.17, 15) is 24.6 Å². The van der Waals surface area contributed by atoms with Crippen LogP contribution in [0.2, 0.25) is 36.3 Å². The van der Waals surface area contributed by atoms with Gasteiger partial charge in [-0.05, 0) is 43.2 Å². The summed E-state index contributed by atoms with van der Waals surface area (Å²) in [4.78, 5) is 36.9. The third-order valence-corrected chi connectivity index (χ3v) is 16.9. The van der Waals surface area contributed by atoms with Gasteiger partial charge in [-0.3, -0.25) is 14.2 Å². The average molecular weight is 545 g/mol. The smallest absolute Gasteiger partial charge is 0.333 e. The molecule has 4 atom stereocenters. The molecule has 1 fully saturated rings. The van der Waals surface area contributed by atoms with Crippen LogP contribution in [0.25, 0.3) is 0 Å². The normalized spacial score (nSPS) is 23.8. The van der Waals surface area contributed by atoms with Gasteiger partial charge in [-0.1, -0.05) is 41.5 Å². The fraction of sp³-hybridized carbons (Fsp3) is 0.792. The SMILES string of the molecule is Cc1cn(C2OC(CO[Si](C)(C)C(C)(C)C)C(O[Si](C)(C)C(C)(C)C)C2O)c(=O)n(CC(=O)O)c1=O. The van der Waals surface area contributed by atoms with Crippen LogP contribution in [-0.2, 0) is 24.9 Å². The summed E-state index contributed by atoms with van der Waals surface area (Å²) in [7, 11) is -4.53. The predicted molar refractivity (Wildman–Crippen MR) is 142 cm³/mol. The van der Waals surface area contributed by atoms with Gasteiger partial charge in [-0.25, -0.2) is 9.36 Å². The Kier molecular flexibility index (Phi) is 8.76. The zero-order valence-electron chi connectivity index (χ0n) is 23.5. The summed E-state index contributed by atoms with van der Waals surface area (Å²) < 4.78 is 21.0. The number of carboxylic acid groups (broad SMARTS) is 1. The molecule has 0 amide bonds. The van der Waals surface area contributed by atoms with E-state index in [2.05, 4.69) is 67.7 Å². The highest BCUT2D eigenvalue weighted by Crippen LogP contribution is 2.42. The lowest BCUT2D eigenvalue weighted by atomic mass is 10.1. The number of aromatic nitrogens is 2. The number of aliphatic carboxylic acids is 1. The minimum Gasteiger partial charge on any atom is -0.480 e. The zero-order chi connectivity index (χ0) is 28.0. The number of aliphatic hydroxyl groups excluding tert-OH is 1. The average Bonchev–Trinajstić information content (AvgIpc) is 2.99. The molecule has 1 saturated heterocycles. The fourth-order valence-electron chi connectivity index (χ4n) is 3.47. The Bertz CT molecular complexity index is 1080. The molecule has 1 aromatic heterocycles. The Morgan fingerprint density at radius 2 is 1.58 bits per heavy atom. The van der Waals surface area contributed by atoms with Crippen molar-refractivity contribution in [2.24, 2.45) is 0 Å². The highest BCUT2D eigenvalue weighted by atomic mass is 28.4. The second-order valence-corrected chi connectivity index (χ2v) is 22.3. The van der Waals surface area contributed by atoms with Crippen LogP contribution in [0.3, 0.4) is 0 Å². The molecule has 206 valence electrons. The molecule has 1 aromatic rings. The van der Waals surface area contributed by atoms with E-state index < -0.39 is 64.9 Å². The van der Waals surface area contributed by atoms with Crippen molar-refractivity contribution < 1.29 is 28.6 Å². The molecular weight excluding hydrogens is 500 g/mol. The summed E-state index contributed by atoms with van der Waals surface area (Å²) >= 11 is 0. The van der Waals surface area contributed by atoms with Crippen molar-refractivity contribution in [3.05, 3.63) is 32.6 Å². The molecule has 4 unspecified atom stereocenters. The highest BCUT2D eigenvalue weighted by molar-refractivity contribution is 6.74. The lowest BCUT2D eigenvalue weighted by Crippen LogP contribution is -2.51. The third-order valence-electron chi connectivity index (χ3n) is 7.90. The number of ether oxygens (including phenoxy) is 1. The van der Waals surface area contributed by atoms with Crippen LogP contribution in [0.1, 0.15) is 53.3 Å². The number of carbonyl (C=O) groups is 1. The predicted octanol–water partition coefficient (Wildman–Crippen LogP) is 3.07. The Hall–Kier alpha value is -1.58. The Balaban J connectivity index is 2.53. The summed E-state index contributed by atoms with van der Waals surface area (Å²) in [5.74, 6) is -1.32. The standard InChI is InChI=1S/C24H44N2O8Si2/c1-15-12-26(22(31)25(20(15)30)13-17(27)28)21-18(29)19(34-36(10,11)24(5,6)7)16(33-21)14-32-35(8,9)23(2,3)4/h12,16,18-19,21,29H,13-14H2,1-11H3,(H,27,28). The second kappa shape index (κ2) is 10.3. The first kappa shape index (κ1) is 30.6. The number of hydrogen-bond donors (Lipinski definition) is 2. The largest absolute Gasteiger partial charge is 0.480 e. The maximum Gasteiger partial charge on any atom is 0.333 e. The molecule has 36 heavy (non-hydrogen) atoms. The van der Waals surface area contributed by atoms with E-state index in [0.717, 1.165) is 4.57 Å². The molecule has 0 radical (unpaired) electrons. The van der Waals surface area contributed by atoms with Gasteiger partial charge in [0.25, 0.3) is 5.56 Å². The molecule has 12 heteroatoms. The molecule has 2 heterocycles. The van der Waals surface area contributed by atoms with Crippen LogP contribution < -0.4 is 11.2 Å². The maximum atomic E-state index is 13.1. The lowest BCUT2D eigenvalue weighted by molar-refractivity contribution is -0.137. The number of aryl methyl sites for hydroxylation is 1. The van der Waals surface area contributed by atoms with Gasteiger partial charge in [0.1, 0.15) is 24.9 Å². The summed E-state index contributed by atoms with van der Waals surface area (Å²) in [6.07, 6.45) is -2.54. The van der Waals surface area contributed by atoms with Crippen LogP contribution in [0.15, 0.2) is 15.8 Å². The van der Waals surface area contributed by atoms with Gasteiger partial charge in [0.2, 0.25) is 0 Å². The first-order chi connectivity index (χ1) is 16.1. The van der Waals surface area contributed by atoms with Crippen molar-refractivity contribution in [3.63, 3.8) is 0 Å². The molecule has 1 aliphatic heterocycles. The van der Waals surface area contributed by atoms with Crippen molar-refractivity contribution in [2.75, 3.05) is 6.61 Å². The quantitative estimate of drug-likeness (QED) is 0.478. The molecule has 0 aromatic carbocycles. The molecule has 0 aliphatic carbocycles. The van der Waals surface area contributed by atoms with Gasteiger partial charge in [0.15, 0.2) is 22.9 Å². The highest BCUT2D eigenvalue weighted by Gasteiger charge is 2.51. The molecule has 0 saturated carbocycles. The Morgan fingerprint density at radius 3 is 2.06 bits per heavy atom. The minimum absolute atomic E-state index is 0.0419. The van der Waals surface area contributed by atoms with E-state index in [-0.39, 0.29) is 22.2 Å².